The van der Waals surface area contributed by atoms with E-state index in [4.69, 9.17) is 0 Å². The van der Waals surface area contributed by atoms with E-state index in [9.17, 15) is 9.90 Å². The molecule has 1 amide bonds. The fourth-order valence-corrected chi connectivity index (χ4v) is 2.89. The van der Waals surface area contributed by atoms with E-state index in [1.54, 1.807) is 6.20 Å². The van der Waals surface area contributed by atoms with Gasteiger partial charge in [0.1, 0.15) is 5.82 Å². The number of aryl methyl sites for hydroxylation is 2. The summed E-state index contributed by atoms with van der Waals surface area (Å²) in [5.74, 6) is 1.23. The van der Waals surface area contributed by atoms with Crippen LogP contribution in [0.4, 0.5) is 0 Å². The van der Waals surface area contributed by atoms with Crippen LogP contribution in [0.3, 0.4) is 0 Å². The highest BCUT2D eigenvalue weighted by Crippen LogP contribution is 2.15. The van der Waals surface area contributed by atoms with Gasteiger partial charge in [-0.2, -0.15) is 0 Å². The second-order valence-corrected chi connectivity index (χ2v) is 6.48. The Morgan fingerprint density at radius 1 is 1.48 bits per heavy atom. The van der Waals surface area contributed by atoms with Gasteiger partial charge in [0, 0.05) is 19.3 Å². The summed E-state index contributed by atoms with van der Waals surface area (Å²) in [5, 5.41) is 12.9. The number of carbonyl (C=O) groups excluding carboxylic acids is 1. The number of aromatic nitrogens is 2. The Hall–Kier alpha value is -1.53. The van der Waals surface area contributed by atoms with E-state index in [0.717, 1.165) is 24.7 Å². The van der Waals surface area contributed by atoms with Crippen LogP contribution in [0, 0.1) is 12.8 Å². The predicted octanol–water partition coefficient (Wildman–Crippen LogP) is 1.17. The highest BCUT2D eigenvalue weighted by Gasteiger charge is 2.19. The third-order valence-electron chi connectivity index (χ3n) is 4.41. The number of rotatable bonds is 6. The Bertz CT molecular complexity index is 527. The number of carbonyl (C=O) groups is 1. The molecule has 1 aliphatic heterocycles. The van der Waals surface area contributed by atoms with Gasteiger partial charge in [-0.3, -0.25) is 4.79 Å². The van der Waals surface area contributed by atoms with Gasteiger partial charge >= 0.3 is 0 Å². The zero-order valence-corrected chi connectivity index (χ0v) is 14.4. The number of β-amino-alcohol motifs (C(OH)–C–C–N with tert-alkyl or cyclic N) is 1. The molecule has 1 atom stereocenters. The molecule has 6 heteroatoms. The Morgan fingerprint density at radius 2 is 2.17 bits per heavy atom. The minimum absolute atomic E-state index is 0.215. The maximum atomic E-state index is 12.3. The van der Waals surface area contributed by atoms with E-state index < -0.39 is 6.10 Å². The van der Waals surface area contributed by atoms with Crippen molar-refractivity contribution in [2.75, 3.05) is 26.2 Å². The highest BCUT2D eigenvalue weighted by molar-refractivity contribution is 5.94. The van der Waals surface area contributed by atoms with Crippen LogP contribution in [0.2, 0.25) is 0 Å². The lowest BCUT2D eigenvalue weighted by atomic mass is 9.99. The van der Waals surface area contributed by atoms with Crippen molar-refractivity contribution in [3.8, 4) is 0 Å². The Kier molecular flexibility index (Phi) is 6.47. The first kappa shape index (κ1) is 17.8. The molecule has 0 radical (unpaired) electrons. The number of hydrogen-bond acceptors (Lipinski definition) is 5. The summed E-state index contributed by atoms with van der Waals surface area (Å²) in [6.45, 7) is 8.95. The lowest BCUT2D eigenvalue weighted by Gasteiger charge is -2.31. The summed E-state index contributed by atoms with van der Waals surface area (Å²) < 4.78 is 0. The van der Waals surface area contributed by atoms with Crippen molar-refractivity contribution in [2.24, 2.45) is 5.92 Å². The van der Waals surface area contributed by atoms with Crippen molar-refractivity contribution in [3.63, 3.8) is 0 Å². The van der Waals surface area contributed by atoms with Gasteiger partial charge in [0.25, 0.3) is 5.91 Å². The van der Waals surface area contributed by atoms with Crippen molar-refractivity contribution in [3.05, 3.63) is 23.3 Å². The number of likely N-dealkylation sites (tertiary alicyclic amines) is 1. The molecule has 128 valence electrons. The lowest BCUT2D eigenvalue weighted by molar-refractivity contribution is 0.0794. The number of amides is 1. The van der Waals surface area contributed by atoms with Crippen molar-refractivity contribution in [1.82, 2.24) is 20.2 Å². The maximum Gasteiger partial charge on any atom is 0.254 e. The average Bonchev–Trinajstić information content (AvgIpc) is 2.54. The predicted molar refractivity (Wildman–Crippen MR) is 89.3 cm³/mol. The molecule has 23 heavy (non-hydrogen) atoms. The molecule has 2 heterocycles. The quantitative estimate of drug-likeness (QED) is 0.823. The molecule has 0 bridgehead atoms. The van der Waals surface area contributed by atoms with Gasteiger partial charge in [-0.15, -0.1) is 0 Å². The van der Waals surface area contributed by atoms with E-state index in [1.807, 2.05) is 13.8 Å². The molecule has 1 aliphatic rings. The Labute approximate surface area is 138 Å². The third-order valence-corrected chi connectivity index (χ3v) is 4.41. The molecule has 1 aromatic heterocycles. The summed E-state index contributed by atoms with van der Waals surface area (Å²) >= 11 is 0. The molecule has 1 aromatic rings. The molecule has 1 saturated heterocycles. The number of aliphatic hydroxyl groups excluding tert-OH is 1. The van der Waals surface area contributed by atoms with Crippen LogP contribution in [0.15, 0.2) is 6.20 Å². The van der Waals surface area contributed by atoms with E-state index >= 15 is 0 Å². The number of aliphatic hydroxyl groups is 1. The average molecular weight is 320 g/mol. The van der Waals surface area contributed by atoms with E-state index in [-0.39, 0.29) is 12.5 Å². The second-order valence-electron chi connectivity index (χ2n) is 6.48. The van der Waals surface area contributed by atoms with E-state index in [2.05, 4.69) is 27.1 Å². The molecule has 2 N–H and O–H groups in total. The van der Waals surface area contributed by atoms with Gasteiger partial charge in [0.05, 0.1) is 17.4 Å². The fraction of sp³-hybridized carbons (Fsp3) is 0.706. The van der Waals surface area contributed by atoms with Crippen LogP contribution in [-0.2, 0) is 6.42 Å². The van der Waals surface area contributed by atoms with Gasteiger partial charge < -0.3 is 15.3 Å². The zero-order chi connectivity index (χ0) is 16.8. The van der Waals surface area contributed by atoms with Gasteiger partial charge in [0.15, 0.2) is 0 Å². The summed E-state index contributed by atoms with van der Waals surface area (Å²) in [6.07, 6.45) is 4.05. The number of hydrogen-bond donors (Lipinski definition) is 2. The molecule has 6 nitrogen and oxygen atoms in total. The van der Waals surface area contributed by atoms with Crippen LogP contribution in [0.1, 0.15) is 48.6 Å². The Morgan fingerprint density at radius 3 is 2.83 bits per heavy atom. The van der Waals surface area contributed by atoms with Gasteiger partial charge in [-0.05, 0) is 45.2 Å². The van der Waals surface area contributed by atoms with Crippen LogP contribution < -0.4 is 5.32 Å². The third kappa shape index (κ3) is 5.25. The fourth-order valence-electron chi connectivity index (χ4n) is 2.89. The van der Waals surface area contributed by atoms with Crippen molar-refractivity contribution >= 4 is 5.91 Å². The van der Waals surface area contributed by atoms with Crippen molar-refractivity contribution < 1.29 is 9.90 Å². The number of nitrogens with one attached hydrogen (secondary N) is 1. The van der Waals surface area contributed by atoms with E-state index in [0.29, 0.717) is 24.4 Å². The summed E-state index contributed by atoms with van der Waals surface area (Å²) in [7, 11) is 0. The van der Waals surface area contributed by atoms with Crippen molar-refractivity contribution in [2.45, 2.75) is 46.1 Å². The van der Waals surface area contributed by atoms with Crippen LogP contribution in [0.5, 0.6) is 0 Å². The molecule has 2 rings (SSSR count). The maximum absolute atomic E-state index is 12.3. The smallest absolute Gasteiger partial charge is 0.254 e. The number of nitrogens with zero attached hydrogens (tertiary/aromatic N) is 3. The molecular weight excluding hydrogens is 292 g/mol. The molecule has 0 unspecified atom stereocenters. The SMILES string of the molecule is CCc1nc(C)ncc1C(=O)NC[C@H](O)CN1CCC(C)CC1. The lowest BCUT2D eigenvalue weighted by Crippen LogP contribution is -2.43. The summed E-state index contributed by atoms with van der Waals surface area (Å²) in [6, 6.07) is 0. The minimum atomic E-state index is -0.552. The molecule has 0 aromatic carbocycles. The molecular formula is C17H28N4O2. The van der Waals surface area contributed by atoms with Crippen LogP contribution in [-0.4, -0.2) is 58.2 Å². The first-order valence-corrected chi connectivity index (χ1v) is 8.50. The molecule has 0 spiro atoms. The van der Waals surface area contributed by atoms with Gasteiger partial charge in [0.2, 0.25) is 0 Å². The largest absolute Gasteiger partial charge is 0.390 e. The minimum Gasteiger partial charge on any atom is -0.390 e. The Balaban J connectivity index is 1.82. The standard InChI is InChI=1S/C17H28N4O2/c1-4-16-15(10-18-13(3)20-16)17(23)19-9-14(22)11-21-7-5-12(2)6-8-21/h10,12,14,22H,4-9,11H2,1-3H3,(H,19,23)/t14-/m0/s1. The molecule has 0 aliphatic carbocycles. The summed E-state index contributed by atoms with van der Waals surface area (Å²) in [4.78, 5) is 22.9. The first-order valence-electron chi connectivity index (χ1n) is 8.50. The van der Waals surface area contributed by atoms with Crippen LogP contribution >= 0.6 is 0 Å². The molecule has 1 fully saturated rings. The first-order chi connectivity index (χ1) is 11.0. The van der Waals surface area contributed by atoms with Gasteiger partial charge in [-0.25, -0.2) is 9.97 Å². The second kappa shape index (κ2) is 8.36. The topological polar surface area (TPSA) is 78.3 Å². The molecule has 0 saturated carbocycles. The van der Waals surface area contributed by atoms with E-state index in [1.165, 1.54) is 12.8 Å². The summed E-state index contributed by atoms with van der Waals surface area (Å²) in [5.41, 5.74) is 1.24. The van der Waals surface area contributed by atoms with Gasteiger partial charge in [-0.1, -0.05) is 13.8 Å². The van der Waals surface area contributed by atoms with Crippen LogP contribution in [0.25, 0.3) is 0 Å². The zero-order valence-electron chi connectivity index (χ0n) is 14.4. The number of piperidine rings is 1. The monoisotopic (exact) mass is 320 g/mol. The highest BCUT2D eigenvalue weighted by atomic mass is 16.3. The van der Waals surface area contributed by atoms with Crippen molar-refractivity contribution in [1.29, 1.82) is 0 Å². The normalized spacial score (nSPS) is 17.9.